The molecule has 4 atom stereocenters. The first-order valence-electron chi connectivity index (χ1n) is 14.1. The second-order valence-electron chi connectivity index (χ2n) is 12.1. The number of rotatable bonds is 5. The summed E-state index contributed by atoms with van der Waals surface area (Å²) in [5.74, 6) is -3.07. The van der Waals surface area contributed by atoms with Crippen LogP contribution in [0.15, 0.2) is 60.7 Å². The Kier molecular flexibility index (Phi) is 6.96. The molecule has 9 nitrogen and oxygen atoms in total. The van der Waals surface area contributed by atoms with Crippen LogP contribution < -0.4 is 0 Å². The maximum atomic E-state index is 13.2. The number of aliphatic hydroxyl groups is 1. The molecule has 4 unspecified atom stereocenters. The molecule has 4 heterocycles. The highest BCUT2D eigenvalue weighted by Crippen LogP contribution is 2.48. The summed E-state index contributed by atoms with van der Waals surface area (Å²) in [5.41, 5.74) is 0.541. The van der Waals surface area contributed by atoms with Crippen LogP contribution in [0.3, 0.4) is 0 Å². The SMILES string of the molecule is CC1(C)OC2COC3(COC(=O)N4CCC(C(O)(c5ccccc5)c5ccccc5)CC4)OC(C)(C)OC3C2O1. The van der Waals surface area contributed by atoms with Crippen molar-refractivity contribution in [1.29, 1.82) is 0 Å². The molecule has 2 aromatic carbocycles. The summed E-state index contributed by atoms with van der Waals surface area (Å²) in [5, 5.41) is 12.1. The van der Waals surface area contributed by atoms with E-state index in [4.69, 9.17) is 28.4 Å². The third-order valence-corrected chi connectivity index (χ3v) is 8.44. The number of likely N-dealkylation sites (tertiary alicyclic amines) is 1. The number of ether oxygens (including phenoxy) is 6. The minimum Gasteiger partial charge on any atom is -0.444 e. The van der Waals surface area contributed by atoms with E-state index in [-0.39, 0.29) is 25.2 Å². The van der Waals surface area contributed by atoms with E-state index < -0.39 is 41.3 Å². The van der Waals surface area contributed by atoms with Gasteiger partial charge in [0.05, 0.1) is 6.61 Å². The van der Waals surface area contributed by atoms with Gasteiger partial charge in [-0.2, -0.15) is 0 Å². The topological polar surface area (TPSA) is 95.9 Å². The largest absolute Gasteiger partial charge is 0.444 e. The second kappa shape index (κ2) is 10.1. The van der Waals surface area contributed by atoms with Crippen molar-refractivity contribution in [2.24, 2.45) is 5.92 Å². The monoisotopic (exact) mass is 553 g/mol. The van der Waals surface area contributed by atoms with Gasteiger partial charge in [-0.3, -0.25) is 0 Å². The Balaban J connectivity index is 1.12. The van der Waals surface area contributed by atoms with Crippen LogP contribution in [0, 0.1) is 5.92 Å². The average Bonchev–Trinajstić information content (AvgIpc) is 3.43. The predicted molar refractivity (Wildman–Crippen MR) is 144 cm³/mol. The number of hydrogen-bond acceptors (Lipinski definition) is 8. The van der Waals surface area contributed by atoms with E-state index in [0.29, 0.717) is 25.9 Å². The first-order valence-corrected chi connectivity index (χ1v) is 14.1. The van der Waals surface area contributed by atoms with Gasteiger partial charge in [-0.1, -0.05) is 60.7 Å². The minimum atomic E-state index is -1.29. The lowest BCUT2D eigenvalue weighted by molar-refractivity contribution is -0.294. The summed E-state index contributed by atoms with van der Waals surface area (Å²) in [6, 6.07) is 19.5. The molecular weight excluding hydrogens is 514 g/mol. The molecule has 2 aromatic rings. The molecule has 9 heteroatoms. The molecule has 0 radical (unpaired) electrons. The Morgan fingerprint density at radius 1 is 0.925 bits per heavy atom. The summed E-state index contributed by atoms with van der Waals surface area (Å²) in [7, 11) is 0. The van der Waals surface area contributed by atoms with Crippen molar-refractivity contribution in [2.75, 3.05) is 26.3 Å². The lowest BCUT2D eigenvalue weighted by atomic mass is 9.72. The Hall–Kier alpha value is -2.53. The van der Waals surface area contributed by atoms with Crippen molar-refractivity contribution >= 4 is 6.09 Å². The number of carbonyl (C=O) groups is 1. The number of nitrogens with zero attached hydrogens (tertiary/aromatic N) is 1. The standard InChI is InChI=1S/C31H39NO8/c1-28(2)37-24-19-36-30(26(25(24)38-28)39-29(3,4)40-30)20-35-27(33)32-17-15-23(16-18-32)31(34,21-11-7-5-8-12-21)22-13-9-6-10-14-22/h5-14,23-26,34H,15-20H2,1-4H3. The number of fused-ring (bicyclic) bond motifs is 3. The molecule has 6 rings (SSSR count). The van der Waals surface area contributed by atoms with Crippen LogP contribution in [0.2, 0.25) is 0 Å². The van der Waals surface area contributed by atoms with Gasteiger partial charge in [-0.15, -0.1) is 0 Å². The molecule has 4 aliphatic heterocycles. The highest BCUT2D eigenvalue weighted by molar-refractivity contribution is 5.67. The van der Waals surface area contributed by atoms with E-state index in [9.17, 15) is 9.90 Å². The summed E-state index contributed by atoms with van der Waals surface area (Å²) < 4.78 is 36.5. The molecule has 1 N–H and O–H groups in total. The molecule has 0 bridgehead atoms. The first kappa shape index (κ1) is 27.6. The lowest BCUT2D eigenvalue weighted by Crippen LogP contribution is -2.61. The molecule has 0 saturated carbocycles. The van der Waals surface area contributed by atoms with Crippen LogP contribution in [0.4, 0.5) is 4.79 Å². The average molecular weight is 554 g/mol. The van der Waals surface area contributed by atoms with Crippen molar-refractivity contribution in [3.8, 4) is 0 Å². The lowest BCUT2D eigenvalue weighted by Gasteiger charge is -2.42. The fraction of sp³-hybridized carbons (Fsp3) is 0.581. The molecule has 0 spiro atoms. The third kappa shape index (κ3) is 4.93. The van der Waals surface area contributed by atoms with E-state index in [1.807, 2.05) is 74.5 Å². The van der Waals surface area contributed by atoms with Gasteiger partial charge >= 0.3 is 6.09 Å². The van der Waals surface area contributed by atoms with E-state index in [2.05, 4.69) is 0 Å². The van der Waals surface area contributed by atoms with E-state index in [1.54, 1.807) is 18.7 Å². The zero-order chi connectivity index (χ0) is 28.2. The molecule has 0 aromatic heterocycles. The molecule has 4 fully saturated rings. The highest BCUT2D eigenvalue weighted by Gasteiger charge is 2.66. The van der Waals surface area contributed by atoms with Crippen molar-refractivity contribution < 1.29 is 38.3 Å². The van der Waals surface area contributed by atoms with Crippen LogP contribution >= 0.6 is 0 Å². The van der Waals surface area contributed by atoms with E-state index in [0.717, 1.165) is 11.1 Å². The minimum absolute atomic E-state index is 0.0711. The van der Waals surface area contributed by atoms with Gasteiger partial charge in [0, 0.05) is 13.1 Å². The quantitative estimate of drug-likeness (QED) is 0.590. The number of carbonyl (C=O) groups excluding carboxylic acids is 1. The Bertz CT molecular complexity index is 1160. The zero-order valence-electron chi connectivity index (χ0n) is 23.6. The summed E-state index contributed by atoms with van der Waals surface area (Å²) in [6.45, 7) is 8.35. The predicted octanol–water partition coefficient (Wildman–Crippen LogP) is 4.17. The smallest absolute Gasteiger partial charge is 0.409 e. The van der Waals surface area contributed by atoms with Crippen LogP contribution in [-0.2, 0) is 34.0 Å². The Morgan fingerprint density at radius 3 is 2.12 bits per heavy atom. The van der Waals surface area contributed by atoms with Gasteiger partial charge in [0.1, 0.15) is 23.9 Å². The summed E-state index contributed by atoms with van der Waals surface area (Å²) in [4.78, 5) is 14.9. The van der Waals surface area contributed by atoms with Crippen LogP contribution in [0.25, 0.3) is 0 Å². The van der Waals surface area contributed by atoms with Crippen LogP contribution in [0.1, 0.15) is 51.7 Å². The summed E-state index contributed by atoms with van der Waals surface area (Å²) >= 11 is 0. The Morgan fingerprint density at radius 2 is 1.52 bits per heavy atom. The molecule has 0 aliphatic carbocycles. The number of benzene rings is 2. The number of hydrogen-bond donors (Lipinski definition) is 1. The Labute approximate surface area is 235 Å². The zero-order valence-corrected chi connectivity index (χ0v) is 23.6. The second-order valence-corrected chi connectivity index (χ2v) is 12.1. The van der Waals surface area contributed by atoms with E-state index in [1.165, 1.54) is 0 Å². The van der Waals surface area contributed by atoms with Gasteiger partial charge in [-0.25, -0.2) is 4.79 Å². The van der Waals surface area contributed by atoms with Gasteiger partial charge in [0.15, 0.2) is 18.2 Å². The molecule has 40 heavy (non-hydrogen) atoms. The fourth-order valence-corrected chi connectivity index (χ4v) is 6.70. The van der Waals surface area contributed by atoms with Gasteiger partial charge in [0.25, 0.3) is 0 Å². The van der Waals surface area contributed by atoms with Crippen molar-refractivity contribution in [3.63, 3.8) is 0 Å². The first-order chi connectivity index (χ1) is 19.0. The molecule has 1 amide bonds. The number of amides is 1. The van der Waals surface area contributed by atoms with Crippen molar-refractivity contribution in [3.05, 3.63) is 71.8 Å². The normalized spacial score (nSPS) is 31.4. The number of piperidine rings is 1. The molecule has 4 aliphatic rings. The maximum Gasteiger partial charge on any atom is 0.409 e. The summed E-state index contributed by atoms with van der Waals surface area (Å²) in [6.07, 6.45) is -0.528. The van der Waals surface area contributed by atoms with Crippen LogP contribution in [-0.4, -0.2) is 78.1 Å². The van der Waals surface area contributed by atoms with Crippen molar-refractivity contribution in [2.45, 2.75) is 81.8 Å². The van der Waals surface area contributed by atoms with Gasteiger partial charge in [0.2, 0.25) is 5.79 Å². The van der Waals surface area contributed by atoms with E-state index >= 15 is 0 Å². The molecule has 216 valence electrons. The molecule has 4 saturated heterocycles. The highest BCUT2D eigenvalue weighted by atomic mass is 16.9. The molecular formula is C31H39NO8. The fourth-order valence-electron chi connectivity index (χ4n) is 6.70. The third-order valence-electron chi connectivity index (χ3n) is 8.44. The maximum absolute atomic E-state index is 13.2. The van der Waals surface area contributed by atoms with Gasteiger partial charge < -0.3 is 38.4 Å². The van der Waals surface area contributed by atoms with Crippen LogP contribution in [0.5, 0.6) is 0 Å². The van der Waals surface area contributed by atoms with Gasteiger partial charge in [-0.05, 0) is 57.6 Å². The van der Waals surface area contributed by atoms with Crippen molar-refractivity contribution in [1.82, 2.24) is 4.90 Å².